The van der Waals surface area contributed by atoms with Crippen LogP contribution in [0.2, 0.25) is 0 Å². The zero-order valence-electron chi connectivity index (χ0n) is 16.0. The molecule has 0 spiro atoms. The second kappa shape index (κ2) is 7.53. The van der Waals surface area contributed by atoms with Crippen molar-refractivity contribution >= 4 is 11.9 Å². The van der Waals surface area contributed by atoms with Gasteiger partial charge in [0.2, 0.25) is 0 Å². The van der Waals surface area contributed by atoms with Gasteiger partial charge in [-0.1, -0.05) is 78.9 Å². The van der Waals surface area contributed by atoms with Crippen LogP contribution in [0.1, 0.15) is 23.1 Å². The lowest BCUT2D eigenvalue weighted by Crippen LogP contribution is -2.52. The monoisotopic (exact) mass is 387 g/mol. The van der Waals surface area contributed by atoms with Gasteiger partial charge >= 0.3 is 11.9 Å². The van der Waals surface area contributed by atoms with Crippen molar-refractivity contribution in [2.45, 2.75) is 18.0 Å². The summed E-state index contributed by atoms with van der Waals surface area (Å²) in [5, 5.41) is 12.8. The summed E-state index contributed by atoms with van der Waals surface area (Å²) in [6.45, 7) is 0. The number of aliphatic carboxylic acids is 1. The number of ether oxygens (including phenoxy) is 1. The highest BCUT2D eigenvalue weighted by molar-refractivity contribution is 5.86. The van der Waals surface area contributed by atoms with Crippen molar-refractivity contribution in [3.8, 4) is 11.1 Å². The normalized spacial score (nSPS) is 14.5. The third kappa shape index (κ3) is 3.09. The van der Waals surface area contributed by atoms with E-state index in [2.05, 4.69) is 5.32 Å². The number of hydrogen-bond donors (Lipinski definition) is 2. The second-order valence-electron chi connectivity index (χ2n) is 7.03. The van der Waals surface area contributed by atoms with Crippen LogP contribution in [0.15, 0.2) is 78.9 Å². The van der Waals surface area contributed by atoms with Crippen molar-refractivity contribution in [2.75, 3.05) is 7.11 Å². The Balaban J connectivity index is 1.99. The Morgan fingerprint density at radius 2 is 1.41 bits per heavy atom. The van der Waals surface area contributed by atoms with Crippen molar-refractivity contribution in [3.05, 3.63) is 95.6 Å². The van der Waals surface area contributed by atoms with Gasteiger partial charge in [-0.05, 0) is 27.8 Å². The summed E-state index contributed by atoms with van der Waals surface area (Å²) >= 11 is 0. The molecule has 0 aromatic heterocycles. The minimum Gasteiger partial charge on any atom is -0.481 e. The van der Waals surface area contributed by atoms with Crippen molar-refractivity contribution in [1.29, 1.82) is 0 Å². The first kappa shape index (κ1) is 18.9. The van der Waals surface area contributed by atoms with Crippen LogP contribution in [-0.2, 0) is 19.9 Å². The molecule has 3 aromatic rings. The van der Waals surface area contributed by atoms with Crippen LogP contribution in [0, 0.1) is 0 Å². The van der Waals surface area contributed by atoms with Gasteiger partial charge in [0.1, 0.15) is 6.04 Å². The molecule has 1 aliphatic rings. The fraction of sp³-hybridized carbons (Fsp3) is 0.167. The van der Waals surface area contributed by atoms with Crippen LogP contribution >= 0.6 is 0 Å². The second-order valence-corrected chi connectivity index (χ2v) is 7.03. The molecule has 3 aromatic carbocycles. The van der Waals surface area contributed by atoms with Gasteiger partial charge in [-0.2, -0.15) is 0 Å². The molecule has 0 aliphatic heterocycles. The topological polar surface area (TPSA) is 75.6 Å². The Kier molecular flexibility index (Phi) is 4.91. The van der Waals surface area contributed by atoms with Gasteiger partial charge in [0.15, 0.2) is 0 Å². The summed E-state index contributed by atoms with van der Waals surface area (Å²) in [7, 11) is 1.27. The van der Waals surface area contributed by atoms with Crippen molar-refractivity contribution < 1.29 is 19.4 Å². The van der Waals surface area contributed by atoms with Crippen molar-refractivity contribution in [2.24, 2.45) is 0 Å². The van der Waals surface area contributed by atoms with E-state index in [1.165, 1.54) is 7.11 Å². The van der Waals surface area contributed by atoms with Gasteiger partial charge in [-0.15, -0.1) is 0 Å². The van der Waals surface area contributed by atoms with Gasteiger partial charge in [0.05, 0.1) is 19.1 Å². The van der Waals surface area contributed by atoms with E-state index in [1.807, 2.05) is 78.9 Å². The van der Waals surface area contributed by atoms with E-state index >= 15 is 0 Å². The number of carboxylic acids is 1. The van der Waals surface area contributed by atoms with Gasteiger partial charge in [0.25, 0.3) is 0 Å². The Morgan fingerprint density at radius 3 is 1.93 bits per heavy atom. The number of nitrogens with one attached hydrogen (secondary N) is 1. The quantitative estimate of drug-likeness (QED) is 0.633. The van der Waals surface area contributed by atoms with E-state index in [9.17, 15) is 14.7 Å². The number of benzene rings is 3. The Morgan fingerprint density at radius 1 is 0.897 bits per heavy atom. The summed E-state index contributed by atoms with van der Waals surface area (Å²) < 4.78 is 4.92. The standard InChI is InChI=1S/C24H21NO4/c1-29-23(28)21(15-22(26)27)25-24(16-9-3-2-4-10-16)19-13-7-5-11-17(19)18-12-6-8-14-20(18)24/h2-14,21,25H,15H2,1H3,(H,26,27). The minimum atomic E-state index is -1.07. The molecule has 0 saturated heterocycles. The summed E-state index contributed by atoms with van der Waals surface area (Å²) in [6, 6.07) is 24.8. The lowest BCUT2D eigenvalue weighted by molar-refractivity contribution is -0.148. The molecule has 1 atom stereocenters. The fourth-order valence-corrected chi connectivity index (χ4v) is 4.24. The third-order valence-electron chi connectivity index (χ3n) is 5.41. The SMILES string of the molecule is COC(=O)C(CC(=O)O)NC1(c2ccccc2)c2ccccc2-c2ccccc21. The molecule has 0 bridgehead atoms. The average molecular weight is 387 g/mol. The van der Waals surface area contributed by atoms with Crippen LogP contribution < -0.4 is 5.32 Å². The maximum atomic E-state index is 12.5. The van der Waals surface area contributed by atoms with Crippen LogP contribution in [0.25, 0.3) is 11.1 Å². The highest BCUT2D eigenvalue weighted by Gasteiger charge is 2.47. The highest BCUT2D eigenvalue weighted by Crippen LogP contribution is 2.51. The number of methoxy groups -OCH3 is 1. The van der Waals surface area contributed by atoms with Crippen LogP contribution in [-0.4, -0.2) is 30.2 Å². The first-order valence-electron chi connectivity index (χ1n) is 9.40. The smallest absolute Gasteiger partial charge is 0.323 e. The van der Waals surface area contributed by atoms with Gasteiger partial charge in [-0.3, -0.25) is 14.9 Å². The third-order valence-corrected chi connectivity index (χ3v) is 5.41. The minimum absolute atomic E-state index is 0.383. The molecular weight excluding hydrogens is 366 g/mol. The summed E-state index contributed by atoms with van der Waals surface area (Å²) in [4.78, 5) is 24.0. The van der Waals surface area contributed by atoms with Crippen LogP contribution in [0.3, 0.4) is 0 Å². The fourth-order valence-electron chi connectivity index (χ4n) is 4.24. The molecule has 0 saturated carbocycles. The molecule has 146 valence electrons. The Labute approximate surface area is 169 Å². The molecular formula is C24H21NO4. The summed E-state index contributed by atoms with van der Waals surface area (Å²) in [5.41, 5.74) is 4.12. The van der Waals surface area contributed by atoms with Crippen molar-refractivity contribution in [3.63, 3.8) is 0 Å². The lowest BCUT2D eigenvalue weighted by atomic mass is 9.79. The molecule has 4 rings (SSSR count). The van der Waals surface area contributed by atoms with E-state index in [0.29, 0.717) is 0 Å². The number of rotatable bonds is 6. The van der Waals surface area contributed by atoms with E-state index in [4.69, 9.17) is 4.74 Å². The largest absolute Gasteiger partial charge is 0.481 e. The van der Waals surface area contributed by atoms with E-state index in [1.54, 1.807) is 0 Å². The van der Waals surface area contributed by atoms with E-state index in [0.717, 1.165) is 27.8 Å². The van der Waals surface area contributed by atoms with Crippen LogP contribution in [0.5, 0.6) is 0 Å². The first-order chi connectivity index (χ1) is 14.1. The van der Waals surface area contributed by atoms with Gasteiger partial charge < -0.3 is 9.84 Å². The number of carbonyl (C=O) groups excluding carboxylic acids is 1. The summed E-state index contributed by atoms with van der Waals surface area (Å²) in [5.74, 6) is -1.68. The Bertz CT molecular complexity index is 1020. The molecule has 0 fully saturated rings. The number of hydrogen-bond acceptors (Lipinski definition) is 4. The molecule has 0 heterocycles. The molecule has 1 aliphatic carbocycles. The van der Waals surface area contributed by atoms with E-state index < -0.39 is 23.5 Å². The molecule has 5 heteroatoms. The van der Waals surface area contributed by atoms with Gasteiger partial charge in [-0.25, -0.2) is 0 Å². The lowest BCUT2D eigenvalue weighted by Gasteiger charge is -2.36. The maximum Gasteiger partial charge on any atom is 0.323 e. The molecule has 1 unspecified atom stereocenters. The number of carboxylic acid groups (broad SMARTS) is 1. The molecule has 5 nitrogen and oxygen atoms in total. The molecule has 29 heavy (non-hydrogen) atoms. The predicted molar refractivity (Wildman–Crippen MR) is 109 cm³/mol. The highest BCUT2D eigenvalue weighted by atomic mass is 16.5. The summed E-state index contributed by atoms with van der Waals surface area (Å²) in [6.07, 6.45) is -0.383. The number of carbonyl (C=O) groups is 2. The van der Waals surface area contributed by atoms with Gasteiger partial charge in [0, 0.05) is 0 Å². The van der Waals surface area contributed by atoms with Crippen molar-refractivity contribution in [1.82, 2.24) is 5.32 Å². The van der Waals surface area contributed by atoms with E-state index in [-0.39, 0.29) is 6.42 Å². The molecule has 0 radical (unpaired) electrons. The molecule has 2 N–H and O–H groups in total. The first-order valence-corrected chi connectivity index (χ1v) is 9.40. The predicted octanol–water partition coefficient (Wildman–Crippen LogP) is 3.56. The van der Waals surface area contributed by atoms with Crippen LogP contribution in [0.4, 0.5) is 0 Å². The Hall–Kier alpha value is -3.44. The maximum absolute atomic E-state index is 12.5. The molecule has 0 amide bonds. The number of fused-ring (bicyclic) bond motifs is 3. The zero-order valence-corrected chi connectivity index (χ0v) is 16.0. The number of esters is 1. The average Bonchev–Trinajstić information content (AvgIpc) is 3.04. The zero-order chi connectivity index (χ0) is 20.4.